The van der Waals surface area contributed by atoms with Gasteiger partial charge in [-0.15, -0.1) is 0 Å². The highest BCUT2D eigenvalue weighted by molar-refractivity contribution is 5.75. The highest BCUT2D eigenvalue weighted by atomic mass is 16.6. The molecule has 110 valence electrons. The van der Waals surface area contributed by atoms with E-state index in [9.17, 15) is 9.90 Å². The molecule has 0 amide bonds. The van der Waals surface area contributed by atoms with Gasteiger partial charge in [0, 0.05) is 6.42 Å². The molecule has 0 spiro atoms. The van der Waals surface area contributed by atoms with Crippen LogP contribution in [-0.2, 0) is 20.9 Å². The van der Waals surface area contributed by atoms with E-state index in [1.54, 1.807) is 0 Å². The van der Waals surface area contributed by atoms with Crippen molar-refractivity contribution in [1.29, 1.82) is 0 Å². The number of cyclic esters (lactones) is 1. The van der Waals surface area contributed by atoms with Gasteiger partial charge >= 0.3 is 5.97 Å². The van der Waals surface area contributed by atoms with Gasteiger partial charge in [0.1, 0.15) is 12.2 Å². The van der Waals surface area contributed by atoms with E-state index in [4.69, 9.17) is 9.47 Å². The molecule has 1 saturated heterocycles. The molecular formula is C16H22O4. The number of esters is 1. The Balaban J connectivity index is 1.76. The number of carbonyl (C=O) groups is 1. The minimum absolute atomic E-state index is 0.108. The Bertz CT molecular complexity index is 429. The number of rotatable bonds is 6. The van der Waals surface area contributed by atoms with Crippen LogP contribution in [0, 0.1) is 11.8 Å². The highest BCUT2D eigenvalue weighted by Gasteiger charge is 2.39. The van der Waals surface area contributed by atoms with Crippen molar-refractivity contribution >= 4 is 5.97 Å². The molecule has 20 heavy (non-hydrogen) atoms. The minimum atomic E-state index is -0.758. The molecule has 0 saturated carbocycles. The number of ether oxygens (including phenoxy) is 2. The zero-order valence-corrected chi connectivity index (χ0v) is 12.0. The molecule has 1 aromatic rings. The maximum atomic E-state index is 11.7. The van der Waals surface area contributed by atoms with E-state index in [0.29, 0.717) is 13.0 Å². The summed E-state index contributed by atoms with van der Waals surface area (Å²) in [4.78, 5) is 11.7. The second-order valence-electron chi connectivity index (χ2n) is 5.63. The van der Waals surface area contributed by atoms with E-state index >= 15 is 0 Å². The normalized spacial score (nSPS) is 23.9. The third-order valence-electron chi connectivity index (χ3n) is 3.69. The summed E-state index contributed by atoms with van der Waals surface area (Å²) in [5.41, 5.74) is 1.06. The molecule has 1 N–H and O–H groups in total. The molecule has 1 heterocycles. The molecule has 1 aliphatic rings. The molecule has 4 nitrogen and oxygen atoms in total. The predicted molar refractivity (Wildman–Crippen MR) is 74.9 cm³/mol. The quantitative estimate of drug-likeness (QED) is 0.810. The highest BCUT2D eigenvalue weighted by Crippen LogP contribution is 2.29. The maximum Gasteiger partial charge on any atom is 0.309 e. The van der Waals surface area contributed by atoms with Crippen molar-refractivity contribution in [2.75, 3.05) is 6.61 Å². The van der Waals surface area contributed by atoms with Gasteiger partial charge in [0.15, 0.2) is 0 Å². The van der Waals surface area contributed by atoms with Crippen molar-refractivity contribution in [2.45, 2.75) is 39.1 Å². The Morgan fingerprint density at radius 1 is 1.35 bits per heavy atom. The summed E-state index contributed by atoms with van der Waals surface area (Å²) >= 11 is 0. The molecule has 0 radical (unpaired) electrons. The average Bonchev–Trinajstić information content (AvgIpc) is 2.82. The van der Waals surface area contributed by atoms with E-state index < -0.39 is 12.2 Å². The molecule has 2 rings (SSSR count). The Morgan fingerprint density at radius 3 is 2.65 bits per heavy atom. The minimum Gasteiger partial charge on any atom is -0.459 e. The number of carbonyl (C=O) groups excluding carboxylic acids is 1. The fourth-order valence-corrected chi connectivity index (χ4v) is 2.39. The number of benzene rings is 1. The van der Waals surface area contributed by atoms with Crippen LogP contribution in [0.4, 0.5) is 0 Å². The Hall–Kier alpha value is -1.39. The number of aliphatic hydroxyl groups is 1. The van der Waals surface area contributed by atoms with Crippen LogP contribution in [0.3, 0.4) is 0 Å². The fourth-order valence-electron chi connectivity index (χ4n) is 2.39. The Morgan fingerprint density at radius 2 is 2.05 bits per heavy atom. The number of hydrogen-bond acceptors (Lipinski definition) is 4. The van der Waals surface area contributed by atoms with Crippen LogP contribution in [-0.4, -0.2) is 29.9 Å². The average molecular weight is 278 g/mol. The third-order valence-corrected chi connectivity index (χ3v) is 3.69. The monoisotopic (exact) mass is 278 g/mol. The van der Waals surface area contributed by atoms with Crippen LogP contribution in [0.5, 0.6) is 0 Å². The summed E-state index contributed by atoms with van der Waals surface area (Å²) < 4.78 is 10.7. The van der Waals surface area contributed by atoms with Gasteiger partial charge < -0.3 is 14.6 Å². The second kappa shape index (κ2) is 6.86. The van der Waals surface area contributed by atoms with Crippen LogP contribution in [0.15, 0.2) is 30.3 Å². The summed E-state index contributed by atoms with van der Waals surface area (Å²) in [6.07, 6.45) is -0.621. The SMILES string of the molecule is CC(C)[C@@H]1C[C@@H]([C@@H](O)COCc2ccccc2)OC1=O. The topological polar surface area (TPSA) is 55.8 Å². The van der Waals surface area contributed by atoms with Crippen LogP contribution in [0.2, 0.25) is 0 Å². The van der Waals surface area contributed by atoms with Gasteiger partial charge in [-0.05, 0) is 11.5 Å². The van der Waals surface area contributed by atoms with E-state index in [1.807, 2.05) is 44.2 Å². The number of hydrogen-bond donors (Lipinski definition) is 1. The summed E-state index contributed by atoms with van der Waals surface area (Å²) in [5.74, 6) is -0.0687. The van der Waals surface area contributed by atoms with E-state index in [1.165, 1.54) is 0 Å². The van der Waals surface area contributed by atoms with Crippen molar-refractivity contribution in [3.63, 3.8) is 0 Å². The summed E-state index contributed by atoms with van der Waals surface area (Å²) in [6.45, 7) is 4.61. The molecule has 4 heteroatoms. The first-order valence-corrected chi connectivity index (χ1v) is 7.08. The molecule has 1 fully saturated rings. The Kier molecular flexibility index (Phi) is 5.15. The van der Waals surface area contributed by atoms with Gasteiger partial charge in [0.2, 0.25) is 0 Å². The molecule has 0 bridgehead atoms. The second-order valence-corrected chi connectivity index (χ2v) is 5.63. The summed E-state index contributed by atoms with van der Waals surface area (Å²) in [6, 6.07) is 9.78. The van der Waals surface area contributed by atoms with E-state index in [0.717, 1.165) is 5.56 Å². The zero-order valence-electron chi connectivity index (χ0n) is 12.0. The predicted octanol–water partition coefficient (Wildman–Crippen LogP) is 2.15. The van der Waals surface area contributed by atoms with Gasteiger partial charge in [-0.2, -0.15) is 0 Å². The van der Waals surface area contributed by atoms with Crippen molar-refractivity contribution in [3.8, 4) is 0 Å². The molecule has 0 aliphatic carbocycles. The zero-order chi connectivity index (χ0) is 14.5. The number of aliphatic hydroxyl groups excluding tert-OH is 1. The van der Waals surface area contributed by atoms with Crippen LogP contribution in [0.25, 0.3) is 0 Å². The lowest BCUT2D eigenvalue weighted by Crippen LogP contribution is -2.30. The van der Waals surface area contributed by atoms with Gasteiger partial charge in [-0.3, -0.25) is 4.79 Å². The smallest absolute Gasteiger partial charge is 0.309 e. The van der Waals surface area contributed by atoms with Crippen LogP contribution < -0.4 is 0 Å². The molecule has 1 aromatic carbocycles. The van der Waals surface area contributed by atoms with Gasteiger partial charge in [-0.25, -0.2) is 0 Å². The first-order chi connectivity index (χ1) is 9.58. The van der Waals surface area contributed by atoms with E-state index in [-0.39, 0.29) is 24.4 Å². The summed E-state index contributed by atoms with van der Waals surface area (Å²) in [7, 11) is 0. The maximum absolute atomic E-state index is 11.7. The Labute approximate surface area is 119 Å². The van der Waals surface area contributed by atoms with Crippen LogP contribution >= 0.6 is 0 Å². The van der Waals surface area contributed by atoms with Crippen molar-refractivity contribution in [2.24, 2.45) is 11.8 Å². The first kappa shape index (κ1) is 15.0. The molecule has 0 aromatic heterocycles. The summed E-state index contributed by atoms with van der Waals surface area (Å²) in [5, 5.41) is 10.0. The van der Waals surface area contributed by atoms with Gasteiger partial charge in [0.25, 0.3) is 0 Å². The lowest BCUT2D eigenvalue weighted by Gasteiger charge is -2.17. The lowest BCUT2D eigenvalue weighted by atomic mass is 9.91. The fraction of sp³-hybridized carbons (Fsp3) is 0.562. The van der Waals surface area contributed by atoms with Crippen LogP contribution in [0.1, 0.15) is 25.8 Å². The lowest BCUT2D eigenvalue weighted by molar-refractivity contribution is -0.150. The molecule has 3 atom stereocenters. The largest absolute Gasteiger partial charge is 0.459 e. The first-order valence-electron chi connectivity index (χ1n) is 7.08. The molecule has 0 unspecified atom stereocenters. The van der Waals surface area contributed by atoms with Crippen molar-refractivity contribution in [3.05, 3.63) is 35.9 Å². The van der Waals surface area contributed by atoms with Gasteiger partial charge in [0.05, 0.1) is 19.1 Å². The van der Waals surface area contributed by atoms with Crippen molar-refractivity contribution < 1.29 is 19.4 Å². The molecule has 1 aliphatic heterocycles. The molecular weight excluding hydrogens is 256 g/mol. The van der Waals surface area contributed by atoms with E-state index in [2.05, 4.69) is 0 Å². The standard InChI is InChI=1S/C16H22O4/c1-11(2)13-8-15(20-16(13)18)14(17)10-19-9-12-6-4-3-5-7-12/h3-7,11,13-15,17H,8-10H2,1-2H3/t13-,14-,15-/m0/s1. The van der Waals surface area contributed by atoms with Gasteiger partial charge in [-0.1, -0.05) is 44.2 Å². The third kappa shape index (κ3) is 3.81. The van der Waals surface area contributed by atoms with Crippen molar-refractivity contribution in [1.82, 2.24) is 0 Å².